The molecule has 0 atom stereocenters. The molecule has 0 N–H and O–H groups in total. The third-order valence-electron chi connectivity index (χ3n) is 10.9. The molecule has 1 nitrogen and oxygen atoms in total. The molecule has 1 heteroatoms. The number of fused-ring (bicyclic) bond motifs is 5. The van der Waals surface area contributed by atoms with Crippen molar-refractivity contribution in [1.29, 1.82) is 0 Å². The Bertz CT molecular complexity index is 2930. The summed E-state index contributed by atoms with van der Waals surface area (Å²) in [4.78, 5) is 2.42. The molecule has 258 valence electrons. The summed E-state index contributed by atoms with van der Waals surface area (Å²) in [5, 5.41) is 7.53. The van der Waals surface area contributed by atoms with Crippen molar-refractivity contribution >= 4 is 49.4 Å². The molecule has 0 aliphatic carbocycles. The van der Waals surface area contributed by atoms with Crippen molar-refractivity contribution in [2.75, 3.05) is 4.90 Å². The fourth-order valence-electron chi connectivity index (χ4n) is 8.07. The standard InChI is InChI=1S/C54H37N/c1-3-11-38(12-4-1)40-21-23-42(24-22-40)43-31-34-48(35-32-43)55(49-17-9-16-47(37-49)44-27-25-41(26-28-44)39-13-5-2-6-14-39)53-20-10-19-52-51(53)36-33-46-30-29-45-15-7-8-18-50(45)54(46)52/h1-37H. The van der Waals surface area contributed by atoms with Crippen LogP contribution in [0, 0.1) is 0 Å². The maximum Gasteiger partial charge on any atom is 0.0540 e. The largest absolute Gasteiger partial charge is 0.310 e. The summed E-state index contributed by atoms with van der Waals surface area (Å²) in [6.07, 6.45) is 0. The van der Waals surface area contributed by atoms with Gasteiger partial charge in [-0.3, -0.25) is 0 Å². The number of hydrogen-bond donors (Lipinski definition) is 0. The molecule has 0 radical (unpaired) electrons. The fourth-order valence-corrected chi connectivity index (χ4v) is 8.07. The number of nitrogens with zero attached hydrogens (tertiary/aromatic N) is 1. The van der Waals surface area contributed by atoms with Crippen LogP contribution in [0.25, 0.3) is 76.8 Å². The Morgan fingerprint density at radius 2 is 0.691 bits per heavy atom. The van der Waals surface area contributed by atoms with Crippen LogP contribution in [0.1, 0.15) is 0 Å². The molecule has 0 fully saturated rings. The molecule has 0 aliphatic rings. The first kappa shape index (κ1) is 32.4. The SMILES string of the molecule is c1ccc(-c2ccc(-c3ccc(N(c4cccc(-c5ccc(-c6ccccc6)cc5)c4)c4cccc5c4ccc4ccc6ccccc6c45)cc3)cc2)cc1. The quantitative estimate of drug-likeness (QED) is 0.150. The molecule has 0 heterocycles. The lowest BCUT2D eigenvalue weighted by Crippen LogP contribution is -2.10. The molecule has 0 spiro atoms. The van der Waals surface area contributed by atoms with Crippen molar-refractivity contribution in [2.24, 2.45) is 0 Å². The van der Waals surface area contributed by atoms with E-state index in [2.05, 4.69) is 229 Å². The molecule has 55 heavy (non-hydrogen) atoms. The number of benzene rings is 10. The smallest absolute Gasteiger partial charge is 0.0540 e. The summed E-state index contributed by atoms with van der Waals surface area (Å²) < 4.78 is 0. The van der Waals surface area contributed by atoms with Gasteiger partial charge < -0.3 is 4.90 Å². The molecule has 0 bridgehead atoms. The maximum absolute atomic E-state index is 2.42. The fraction of sp³-hybridized carbons (Fsp3) is 0. The third kappa shape index (κ3) is 6.12. The highest BCUT2D eigenvalue weighted by molar-refractivity contribution is 6.22. The van der Waals surface area contributed by atoms with Gasteiger partial charge in [-0.25, -0.2) is 0 Å². The molecule has 0 aliphatic heterocycles. The van der Waals surface area contributed by atoms with Crippen molar-refractivity contribution in [2.45, 2.75) is 0 Å². The van der Waals surface area contributed by atoms with Gasteiger partial charge in [-0.05, 0) is 102 Å². The topological polar surface area (TPSA) is 3.24 Å². The predicted octanol–water partition coefficient (Wildman–Crippen LogP) is 15.3. The van der Waals surface area contributed by atoms with Gasteiger partial charge in [-0.15, -0.1) is 0 Å². The van der Waals surface area contributed by atoms with Gasteiger partial charge in [0, 0.05) is 16.8 Å². The zero-order valence-electron chi connectivity index (χ0n) is 30.3. The Labute approximate surface area is 322 Å². The molecule has 0 unspecified atom stereocenters. The van der Waals surface area contributed by atoms with E-state index in [0.717, 1.165) is 17.1 Å². The van der Waals surface area contributed by atoms with Crippen LogP contribution in [0.4, 0.5) is 17.1 Å². The number of hydrogen-bond acceptors (Lipinski definition) is 1. The van der Waals surface area contributed by atoms with Gasteiger partial charge >= 0.3 is 0 Å². The zero-order valence-corrected chi connectivity index (χ0v) is 30.3. The van der Waals surface area contributed by atoms with Crippen molar-refractivity contribution in [3.63, 3.8) is 0 Å². The third-order valence-corrected chi connectivity index (χ3v) is 10.9. The van der Waals surface area contributed by atoms with E-state index in [0.29, 0.717) is 0 Å². The van der Waals surface area contributed by atoms with Crippen molar-refractivity contribution in [1.82, 2.24) is 0 Å². The zero-order chi connectivity index (χ0) is 36.6. The van der Waals surface area contributed by atoms with Crippen molar-refractivity contribution in [3.05, 3.63) is 224 Å². The first-order valence-corrected chi connectivity index (χ1v) is 18.9. The second-order valence-electron chi connectivity index (χ2n) is 14.1. The lowest BCUT2D eigenvalue weighted by Gasteiger charge is -2.28. The summed E-state index contributed by atoms with van der Waals surface area (Å²) in [7, 11) is 0. The summed E-state index contributed by atoms with van der Waals surface area (Å²) in [5.41, 5.74) is 13.0. The minimum Gasteiger partial charge on any atom is -0.310 e. The minimum atomic E-state index is 1.10. The van der Waals surface area contributed by atoms with E-state index in [1.54, 1.807) is 0 Å². The maximum atomic E-state index is 2.42. The van der Waals surface area contributed by atoms with E-state index in [-0.39, 0.29) is 0 Å². The average molecular weight is 700 g/mol. The van der Waals surface area contributed by atoms with Gasteiger partial charge in [-0.1, -0.05) is 194 Å². The average Bonchev–Trinajstić information content (AvgIpc) is 3.27. The summed E-state index contributed by atoms with van der Waals surface area (Å²) in [6.45, 7) is 0. The molecule has 10 aromatic rings. The summed E-state index contributed by atoms with van der Waals surface area (Å²) >= 11 is 0. The van der Waals surface area contributed by atoms with Crippen LogP contribution in [-0.2, 0) is 0 Å². The molecule has 0 saturated carbocycles. The lowest BCUT2D eigenvalue weighted by molar-refractivity contribution is 1.30. The molecule has 0 aromatic heterocycles. The van der Waals surface area contributed by atoms with Crippen LogP contribution < -0.4 is 4.90 Å². The molecule has 0 saturated heterocycles. The van der Waals surface area contributed by atoms with Gasteiger partial charge in [0.05, 0.1) is 5.69 Å². The number of rotatable bonds is 7. The van der Waals surface area contributed by atoms with Crippen LogP contribution in [0.5, 0.6) is 0 Å². The van der Waals surface area contributed by atoms with Crippen LogP contribution in [0.2, 0.25) is 0 Å². The second-order valence-corrected chi connectivity index (χ2v) is 14.1. The van der Waals surface area contributed by atoms with Crippen LogP contribution in [-0.4, -0.2) is 0 Å². The van der Waals surface area contributed by atoms with Crippen LogP contribution in [0.15, 0.2) is 224 Å². The van der Waals surface area contributed by atoms with Gasteiger partial charge in [0.15, 0.2) is 0 Å². The highest BCUT2D eigenvalue weighted by Crippen LogP contribution is 2.43. The van der Waals surface area contributed by atoms with E-state index >= 15 is 0 Å². The van der Waals surface area contributed by atoms with E-state index in [4.69, 9.17) is 0 Å². The molecule has 10 rings (SSSR count). The van der Waals surface area contributed by atoms with E-state index in [9.17, 15) is 0 Å². The van der Waals surface area contributed by atoms with Crippen LogP contribution in [0.3, 0.4) is 0 Å². The monoisotopic (exact) mass is 699 g/mol. The molecule has 10 aromatic carbocycles. The predicted molar refractivity (Wildman–Crippen MR) is 235 cm³/mol. The van der Waals surface area contributed by atoms with Crippen molar-refractivity contribution < 1.29 is 0 Å². The number of anilines is 3. The summed E-state index contributed by atoms with van der Waals surface area (Å²) in [5.74, 6) is 0. The Hall–Kier alpha value is -7.22. The van der Waals surface area contributed by atoms with Gasteiger partial charge in [0.2, 0.25) is 0 Å². The van der Waals surface area contributed by atoms with Gasteiger partial charge in [-0.2, -0.15) is 0 Å². The molecule has 0 amide bonds. The highest BCUT2D eigenvalue weighted by Gasteiger charge is 2.18. The van der Waals surface area contributed by atoms with E-state index in [1.807, 2.05) is 0 Å². The Morgan fingerprint density at radius 3 is 1.33 bits per heavy atom. The normalized spacial score (nSPS) is 11.3. The molecular formula is C54H37N. The van der Waals surface area contributed by atoms with Crippen LogP contribution >= 0.6 is 0 Å². The Morgan fingerprint density at radius 1 is 0.236 bits per heavy atom. The summed E-state index contributed by atoms with van der Waals surface area (Å²) in [6, 6.07) is 81.4. The second kappa shape index (κ2) is 14.0. The van der Waals surface area contributed by atoms with Gasteiger partial charge in [0.1, 0.15) is 0 Å². The Balaban J connectivity index is 1.10. The van der Waals surface area contributed by atoms with E-state index in [1.165, 1.54) is 76.8 Å². The Kier molecular flexibility index (Phi) is 8.24. The van der Waals surface area contributed by atoms with Gasteiger partial charge in [0.25, 0.3) is 0 Å². The minimum absolute atomic E-state index is 1.10. The lowest BCUT2D eigenvalue weighted by atomic mass is 9.95. The van der Waals surface area contributed by atoms with Crippen molar-refractivity contribution in [3.8, 4) is 44.5 Å². The molecular weight excluding hydrogens is 663 g/mol. The first-order chi connectivity index (χ1) is 27.3. The van der Waals surface area contributed by atoms with E-state index < -0.39 is 0 Å². The highest BCUT2D eigenvalue weighted by atomic mass is 15.1. The first-order valence-electron chi connectivity index (χ1n) is 18.9.